The van der Waals surface area contributed by atoms with E-state index in [1.165, 1.54) is 11.5 Å². The molecular weight excluding hydrogens is 350 g/mol. The Labute approximate surface area is 162 Å². The number of aryl methyl sites for hydroxylation is 1. The molecule has 5 nitrogen and oxygen atoms in total. The van der Waals surface area contributed by atoms with E-state index in [1.54, 1.807) is 12.3 Å². The molecule has 0 saturated carbocycles. The summed E-state index contributed by atoms with van der Waals surface area (Å²) in [4.78, 5) is 21.3. The van der Waals surface area contributed by atoms with Crippen LogP contribution < -0.4 is 0 Å². The average molecular weight is 369 g/mol. The molecule has 0 fully saturated rings. The minimum atomic E-state index is -0.260. The Kier molecular flexibility index (Phi) is 4.49. The van der Waals surface area contributed by atoms with Crippen LogP contribution in [0.2, 0.25) is 0 Å². The lowest BCUT2D eigenvalue weighted by Gasteiger charge is -2.08. The molecule has 0 aliphatic rings. The molecule has 1 N–H and O–H groups in total. The standard InChI is InChI=1S/C23H19N3O2/c1-15-11-12-18-19(14-15)26(16(2)27)23(28)21(18)22(17-8-4-3-5-9-17)25-20-10-6-7-13-24-20/h3-14,28H,1-2H3/b25-22+. The Hall–Kier alpha value is -3.73. The van der Waals surface area contributed by atoms with Gasteiger partial charge in [0.1, 0.15) is 0 Å². The molecule has 0 bridgehead atoms. The minimum absolute atomic E-state index is 0.119. The summed E-state index contributed by atoms with van der Waals surface area (Å²) in [6, 6.07) is 20.8. The van der Waals surface area contributed by atoms with Gasteiger partial charge in [0.05, 0.1) is 16.8 Å². The fourth-order valence-electron chi connectivity index (χ4n) is 3.33. The van der Waals surface area contributed by atoms with Crippen LogP contribution in [0.25, 0.3) is 10.9 Å². The van der Waals surface area contributed by atoms with Gasteiger partial charge in [0.25, 0.3) is 0 Å². The minimum Gasteiger partial charge on any atom is -0.494 e. The molecule has 2 aromatic heterocycles. The van der Waals surface area contributed by atoms with Gasteiger partial charge in [-0.1, -0.05) is 48.5 Å². The van der Waals surface area contributed by atoms with Gasteiger partial charge in [0.2, 0.25) is 11.8 Å². The third-order valence-electron chi connectivity index (χ3n) is 4.57. The molecule has 2 aromatic carbocycles. The van der Waals surface area contributed by atoms with Gasteiger partial charge in [-0.3, -0.25) is 9.36 Å². The highest BCUT2D eigenvalue weighted by atomic mass is 16.3. The van der Waals surface area contributed by atoms with Crippen LogP contribution in [0.15, 0.2) is 77.9 Å². The average Bonchev–Trinajstić information content (AvgIpc) is 2.98. The van der Waals surface area contributed by atoms with Crippen LogP contribution in [0, 0.1) is 6.92 Å². The Morgan fingerprint density at radius 1 is 1.04 bits per heavy atom. The summed E-state index contributed by atoms with van der Waals surface area (Å²) in [6.07, 6.45) is 1.67. The third kappa shape index (κ3) is 3.07. The van der Waals surface area contributed by atoms with Crippen molar-refractivity contribution in [1.29, 1.82) is 0 Å². The molecule has 0 aliphatic heterocycles. The number of pyridine rings is 1. The van der Waals surface area contributed by atoms with Gasteiger partial charge in [-0.05, 0) is 30.7 Å². The van der Waals surface area contributed by atoms with Crippen LogP contribution in [0.5, 0.6) is 5.88 Å². The maximum atomic E-state index is 12.3. The number of nitrogens with zero attached hydrogens (tertiary/aromatic N) is 3. The van der Waals surface area contributed by atoms with Crippen molar-refractivity contribution in [3.8, 4) is 5.88 Å². The highest BCUT2D eigenvalue weighted by molar-refractivity contribution is 6.23. The maximum absolute atomic E-state index is 12.3. The van der Waals surface area contributed by atoms with Gasteiger partial charge in [0.15, 0.2) is 5.82 Å². The smallest absolute Gasteiger partial charge is 0.230 e. The van der Waals surface area contributed by atoms with E-state index in [-0.39, 0.29) is 11.8 Å². The monoisotopic (exact) mass is 369 g/mol. The van der Waals surface area contributed by atoms with Gasteiger partial charge < -0.3 is 5.11 Å². The van der Waals surface area contributed by atoms with E-state index in [4.69, 9.17) is 4.99 Å². The van der Waals surface area contributed by atoms with Crippen molar-refractivity contribution in [3.63, 3.8) is 0 Å². The lowest BCUT2D eigenvalue weighted by Crippen LogP contribution is -2.07. The second-order valence-electron chi connectivity index (χ2n) is 6.59. The first kappa shape index (κ1) is 17.7. The lowest BCUT2D eigenvalue weighted by molar-refractivity contribution is 0.0933. The molecule has 0 atom stereocenters. The first-order valence-corrected chi connectivity index (χ1v) is 8.96. The van der Waals surface area contributed by atoms with Crippen molar-refractivity contribution >= 4 is 28.3 Å². The SMILES string of the molecule is CC(=O)n1c(O)c(/C(=N/c2ccccn2)c2ccccc2)c2ccc(C)cc21. The number of carbonyl (C=O) groups excluding carboxylic acids is 1. The topological polar surface area (TPSA) is 67.5 Å². The molecule has 28 heavy (non-hydrogen) atoms. The van der Waals surface area contributed by atoms with Crippen molar-refractivity contribution in [1.82, 2.24) is 9.55 Å². The highest BCUT2D eigenvalue weighted by Crippen LogP contribution is 2.35. The number of fused-ring (bicyclic) bond motifs is 1. The summed E-state index contributed by atoms with van der Waals surface area (Å²) in [7, 11) is 0. The Balaban J connectivity index is 2.08. The number of aromatic hydroxyl groups is 1. The molecular formula is C23H19N3O2. The van der Waals surface area contributed by atoms with Gasteiger partial charge in [-0.15, -0.1) is 0 Å². The zero-order valence-electron chi connectivity index (χ0n) is 15.6. The predicted molar refractivity (Wildman–Crippen MR) is 111 cm³/mol. The maximum Gasteiger partial charge on any atom is 0.230 e. The van der Waals surface area contributed by atoms with Gasteiger partial charge in [-0.25, -0.2) is 9.98 Å². The molecule has 4 aromatic rings. The van der Waals surface area contributed by atoms with Gasteiger partial charge >= 0.3 is 0 Å². The lowest BCUT2D eigenvalue weighted by atomic mass is 10.0. The van der Waals surface area contributed by atoms with Crippen molar-refractivity contribution in [2.24, 2.45) is 4.99 Å². The summed E-state index contributed by atoms with van der Waals surface area (Å²) in [5, 5.41) is 11.8. The second kappa shape index (κ2) is 7.12. The molecule has 0 amide bonds. The van der Waals surface area contributed by atoms with Crippen LogP contribution in [0.4, 0.5) is 5.82 Å². The molecule has 4 rings (SSSR count). The molecule has 0 radical (unpaired) electrons. The highest BCUT2D eigenvalue weighted by Gasteiger charge is 2.24. The Bertz CT molecular complexity index is 1190. The van der Waals surface area contributed by atoms with Crippen molar-refractivity contribution < 1.29 is 9.90 Å². The zero-order chi connectivity index (χ0) is 19.7. The normalized spacial score (nSPS) is 11.7. The molecule has 0 spiro atoms. The van der Waals surface area contributed by atoms with E-state index in [0.717, 1.165) is 16.5 Å². The van der Waals surface area contributed by atoms with Crippen molar-refractivity contribution in [3.05, 3.63) is 89.6 Å². The summed E-state index contributed by atoms with van der Waals surface area (Å²) in [6.45, 7) is 3.39. The van der Waals surface area contributed by atoms with E-state index in [2.05, 4.69) is 4.98 Å². The number of aromatic nitrogens is 2. The zero-order valence-corrected chi connectivity index (χ0v) is 15.6. The largest absolute Gasteiger partial charge is 0.494 e. The fraction of sp³-hybridized carbons (Fsp3) is 0.0870. The summed E-state index contributed by atoms with van der Waals surface area (Å²) in [5.41, 5.74) is 3.56. The van der Waals surface area contributed by atoms with Gasteiger partial charge in [-0.2, -0.15) is 0 Å². The Morgan fingerprint density at radius 2 is 1.79 bits per heavy atom. The number of hydrogen-bond donors (Lipinski definition) is 1. The van der Waals surface area contributed by atoms with E-state index < -0.39 is 0 Å². The van der Waals surface area contributed by atoms with Crippen molar-refractivity contribution in [2.75, 3.05) is 0 Å². The van der Waals surface area contributed by atoms with E-state index in [0.29, 0.717) is 22.6 Å². The predicted octanol–water partition coefficient (Wildman–Crippen LogP) is 4.88. The second-order valence-corrected chi connectivity index (χ2v) is 6.59. The first-order valence-electron chi connectivity index (χ1n) is 8.96. The molecule has 5 heteroatoms. The van der Waals surface area contributed by atoms with Crippen LogP contribution >= 0.6 is 0 Å². The molecule has 138 valence electrons. The van der Waals surface area contributed by atoms with Crippen LogP contribution in [0.3, 0.4) is 0 Å². The number of carbonyl (C=O) groups is 1. The molecule has 0 saturated heterocycles. The third-order valence-corrected chi connectivity index (χ3v) is 4.57. The number of aliphatic imine (C=N–C) groups is 1. The summed E-state index contributed by atoms with van der Waals surface area (Å²) < 4.78 is 1.33. The van der Waals surface area contributed by atoms with Gasteiger partial charge in [0, 0.05) is 24.1 Å². The van der Waals surface area contributed by atoms with Crippen LogP contribution in [-0.4, -0.2) is 26.3 Å². The number of rotatable bonds is 3. The quantitative estimate of drug-likeness (QED) is 0.523. The van der Waals surface area contributed by atoms with Crippen LogP contribution in [-0.2, 0) is 0 Å². The van der Waals surface area contributed by atoms with Crippen molar-refractivity contribution in [2.45, 2.75) is 13.8 Å². The fourth-order valence-corrected chi connectivity index (χ4v) is 3.33. The summed E-state index contributed by atoms with van der Waals surface area (Å²) >= 11 is 0. The van der Waals surface area contributed by atoms with E-state index in [9.17, 15) is 9.90 Å². The number of benzene rings is 2. The molecule has 2 heterocycles. The van der Waals surface area contributed by atoms with Crippen LogP contribution in [0.1, 0.15) is 28.4 Å². The van der Waals surface area contributed by atoms with E-state index in [1.807, 2.05) is 67.6 Å². The van der Waals surface area contributed by atoms with E-state index >= 15 is 0 Å². The molecule has 0 unspecified atom stereocenters. The summed E-state index contributed by atoms with van der Waals surface area (Å²) in [5.74, 6) is 0.146. The first-order chi connectivity index (χ1) is 13.6. The molecule has 0 aliphatic carbocycles. The number of hydrogen-bond acceptors (Lipinski definition) is 4. The Morgan fingerprint density at radius 3 is 2.46 bits per heavy atom.